The zero-order chi connectivity index (χ0) is 30.5. The molecule has 0 fully saturated rings. The molecule has 3 aromatic rings. The molecule has 0 radical (unpaired) electrons. The van der Waals surface area contributed by atoms with E-state index in [1.165, 1.54) is 15.9 Å². The number of hydrogen-bond acceptors (Lipinski definition) is 5. The van der Waals surface area contributed by atoms with Crippen LogP contribution < -0.4 is 25.4 Å². The summed E-state index contributed by atoms with van der Waals surface area (Å²) in [6.07, 6.45) is 1.42. The molecule has 0 saturated heterocycles. The van der Waals surface area contributed by atoms with Crippen molar-refractivity contribution in [2.75, 3.05) is 5.75 Å². The lowest BCUT2D eigenvalue weighted by atomic mass is 10.1. The highest BCUT2D eigenvalue weighted by Gasteiger charge is 2.52. The van der Waals surface area contributed by atoms with Crippen LogP contribution in [0.25, 0.3) is 0 Å². The van der Waals surface area contributed by atoms with Gasteiger partial charge in [0, 0.05) is 0 Å². The number of thiol groups is 1. The number of hydrogen-bond donors (Lipinski definition) is 3. The van der Waals surface area contributed by atoms with E-state index in [0.717, 1.165) is 24.2 Å². The van der Waals surface area contributed by atoms with Gasteiger partial charge in [-0.15, -0.1) is 0 Å². The Bertz CT molecular complexity index is 1330. The third-order valence-corrected chi connectivity index (χ3v) is 12.8. The van der Waals surface area contributed by atoms with Gasteiger partial charge in [-0.25, -0.2) is 4.79 Å². The van der Waals surface area contributed by atoms with E-state index < -0.39 is 26.1 Å². The number of amides is 2. The van der Waals surface area contributed by atoms with Gasteiger partial charge < -0.3 is 19.8 Å². The first-order chi connectivity index (χ1) is 19.8. The average molecular weight is 605 g/mol. The quantitative estimate of drug-likeness (QED) is 0.209. The number of ether oxygens (including phenoxy) is 1. The van der Waals surface area contributed by atoms with Crippen molar-refractivity contribution in [2.45, 2.75) is 83.5 Å². The Labute approximate surface area is 257 Å². The van der Waals surface area contributed by atoms with Crippen LogP contribution in [0.3, 0.4) is 0 Å². The predicted octanol–water partition coefficient (Wildman–Crippen LogP) is 5.94. The molecule has 42 heavy (non-hydrogen) atoms. The molecule has 8 heteroatoms. The Balaban J connectivity index is 1.63. The van der Waals surface area contributed by atoms with Crippen LogP contribution in [-0.2, 0) is 16.0 Å². The van der Waals surface area contributed by atoms with Crippen molar-refractivity contribution in [3.05, 3.63) is 90.0 Å². The van der Waals surface area contributed by atoms with E-state index >= 15 is 0 Å². The molecule has 0 saturated carbocycles. The van der Waals surface area contributed by atoms with Crippen LogP contribution in [0, 0.1) is 0 Å². The molecule has 1 aliphatic carbocycles. The number of alkyl carbamates (subject to hydrolysis) is 1. The van der Waals surface area contributed by atoms with Crippen molar-refractivity contribution < 1.29 is 18.8 Å². The van der Waals surface area contributed by atoms with Gasteiger partial charge in [-0.3, -0.25) is 4.79 Å². The van der Waals surface area contributed by atoms with Crippen LogP contribution in [0.1, 0.15) is 71.6 Å². The van der Waals surface area contributed by atoms with E-state index in [0.29, 0.717) is 12.2 Å². The fourth-order valence-corrected chi connectivity index (χ4v) is 10.4. The van der Waals surface area contributed by atoms with Crippen LogP contribution in [0.2, 0.25) is 5.04 Å². The molecule has 0 bridgehead atoms. The predicted molar refractivity (Wildman–Crippen MR) is 176 cm³/mol. The number of nitrogens with one attached hydrogen (secondary N) is 2. The number of fused-ring (bicyclic) bond motifs is 1. The van der Waals surface area contributed by atoms with Gasteiger partial charge in [-0.05, 0) is 84.5 Å². The lowest BCUT2D eigenvalue weighted by Gasteiger charge is -2.43. The third kappa shape index (κ3) is 7.21. The first-order valence-electron chi connectivity index (χ1n) is 14.7. The smallest absolute Gasteiger partial charge is 0.408 e. The van der Waals surface area contributed by atoms with Gasteiger partial charge in [0.1, 0.15) is 17.4 Å². The van der Waals surface area contributed by atoms with Crippen molar-refractivity contribution in [2.24, 2.45) is 0 Å². The average Bonchev–Trinajstić information content (AvgIpc) is 3.32. The van der Waals surface area contributed by atoms with Crippen LogP contribution in [0.5, 0.6) is 5.75 Å². The van der Waals surface area contributed by atoms with Crippen molar-refractivity contribution in [1.82, 2.24) is 10.6 Å². The molecule has 3 aromatic carbocycles. The molecule has 0 heterocycles. The van der Waals surface area contributed by atoms with E-state index in [9.17, 15) is 9.59 Å². The highest BCUT2D eigenvalue weighted by Crippen LogP contribution is 2.40. The number of benzene rings is 3. The normalized spacial score (nSPS) is 15.8. The molecule has 0 aliphatic heterocycles. The fraction of sp³-hybridized carbons (Fsp3) is 0.412. The minimum atomic E-state index is -2.80. The summed E-state index contributed by atoms with van der Waals surface area (Å²) in [6, 6.07) is 26.5. The molecule has 1 aliphatic rings. The Morgan fingerprint density at radius 3 is 2.05 bits per heavy atom. The Hall–Kier alpha value is -3.23. The molecule has 0 aromatic heterocycles. The molecule has 224 valence electrons. The monoisotopic (exact) mass is 604 g/mol. The van der Waals surface area contributed by atoms with Gasteiger partial charge in [0.25, 0.3) is 0 Å². The van der Waals surface area contributed by atoms with Crippen LogP contribution in [-0.4, -0.2) is 37.7 Å². The lowest BCUT2D eigenvalue weighted by molar-refractivity contribution is -0.124. The summed E-state index contributed by atoms with van der Waals surface area (Å²) in [6.45, 7) is 12.2. The number of rotatable bonds is 9. The molecule has 2 atom stereocenters. The molecule has 0 spiro atoms. The van der Waals surface area contributed by atoms with E-state index in [4.69, 9.17) is 9.16 Å². The molecule has 2 N–H and O–H groups in total. The first kappa shape index (κ1) is 31.7. The molecule has 1 unspecified atom stereocenters. The highest BCUT2D eigenvalue weighted by atomic mass is 32.1. The van der Waals surface area contributed by atoms with Crippen molar-refractivity contribution in [1.29, 1.82) is 0 Å². The maximum Gasteiger partial charge on any atom is 0.408 e. The van der Waals surface area contributed by atoms with E-state index in [2.05, 4.69) is 111 Å². The second kappa shape index (κ2) is 13.0. The zero-order valence-electron chi connectivity index (χ0n) is 25.6. The second-order valence-corrected chi connectivity index (χ2v) is 17.6. The van der Waals surface area contributed by atoms with Gasteiger partial charge in [-0.1, -0.05) is 87.5 Å². The summed E-state index contributed by atoms with van der Waals surface area (Å²) >= 11 is 4.31. The minimum Gasteiger partial charge on any atom is -0.534 e. The molecular formula is C34H44N2O4SSi. The van der Waals surface area contributed by atoms with Crippen LogP contribution in [0.4, 0.5) is 4.79 Å². The third-order valence-electron chi connectivity index (χ3n) is 7.62. The summed E-state index contributed by atoms with van der Waals surface area (Å²) in [4.78, 5) is 25.8. The van der Waals surface area contributed by atoms with E-state index in [-0.39, 0.29) is 17.0 Å². The van der Waals surface area contributed by atoms with Crippen LogP contribution >= 0.6 is 12.6 Å². The molecule has 2 amide bonds. The lowest BCUT2D eigenvalue weighted by Crippen LogP contribution is -2.68. The Morgan fingerprint density at radius 2 is 1.52 bits per heavy atom. The summed E-state index contributed by atoms with van der Waals surface area (Å²) in [5.41, 5.74) is 1.60. The van der Waals surface area contributed by atoms with Gasteiger partial charge in [0.05, 0.1) is 6.04 Å². The number of carbonyl (C=O) groups is 2. The topological polar surface area (TPSA) is 76.7 Å². The summed E-state index contributed by atoms with van der Waals surface area (Å²) < 4.78 is 12.6. The van der Waals surface area contributed by atoms with Gasteiger partial charge >= 0.3 is 14.4 Å². The molecule has 4 rings (SSSR count). The number of carbonyl (C=O) groups excluding carboxylic acids is 2. The Morgan fingerprint density at radius 1 is 0.929 bits per heavy atom. The van der Waals surface area contributed by atoms with Gasteiger partial charge in [-0.2, -0.15) is 12.6 Å². The second-order valence-electron chi connectivity index (χ2n) is 12.9. The summed E-state index contributed by atoms with van der Waals surface area (Å²) in [5.74, 6) is 1.00. The van der Waals surface area contributed by atoms with Gasteiger partial charge in [0.2, 0.25) is 5.91 Å². The van der Waals surface area contributed by atoms with E-state index in [1.807, 2.05) is 12.1 Å². The highest BCUT2D eigenvalue weighted by molar-refractivity contribution is 7.80. The van der Waals surface area contributed by atoms with Gasteiger partial charge in [0.15, 0.2) is 0 Å². The van der Waals surface area contributed by atoms with Crippen LogP contribution in [0.15, 0.2) is 78.9 Å². The maximum absolute atomic E-state index is 13.4. The maximum atomic E-state index is 13.4. The summed E-state index contributed by atoms with van der Waals surface area (Å²) in [7, 11) is -2.80. The van der Waals surface area contributed by atoms with Crippen molar-refractivity contribution >= 4 is 43.3 Å². The van der Waals surface area contributed by atoms with Crippen molar-refractivity contribution in [3.63, 3.8) is 0 Å². The van der Waals surface area contributed by atoms with E-state index in [1.54, 1.807) is 20.8 Å². The molecule has 6 nitrogen and oxygen atoms in total. The fourth-order valence-electron chi connectivity index (χ4n) is 5.74. The largest absolute Gasteiger partial charge is 0.534 e. The number of aryl methyl sites for hydroxylation is 1. The Kier molecular flexibility index (Phi) is 9.78. The zero-order valence-corrected chi connectivity index (χ0v) is 27.5. The SMILES string of the molecule is CC(C)(C)OC(=O)N[C@H](CCS)C(=O)NC1CCc2ccc(O[Si](c3ccccc3)(c3ccccc3)C(C)(C)C)cc21. The molecular weight excluding hydrogens is 561 g/mol. The van der Waals surface area contributed by atoms with Crippen molar-refractivity contribution in [3.8, 4) is 5.75 Å². The first-order valence-corrected chi connectivity index (χ1v) is 17.2. The minimum absolute atomic E-state index is 0.171. The standard InChI is InChI=1S/C34H44N2O4SSi/c1-33(2,3)39-32(38)36-30(21-22-41)31(37)35-29-20-18-24-17-19-25(23-28(24)29)40-42(34(4,5)6,26-13-9-7-10-14-26)27-15-11-8-12-16-27/h7-17,19,23,29-30,41H,18,20-22H2,1-6H3,(H,35,37)(H,36,38)/t29?,30-/m1/s1. The summed E-state index contributed by atoms with van der Waals surface area (Å²) in [5, 5.41) is 8.15.